The molecule has 0 aliphatic rings. The van der Waals surface area contributed by atoms with Gasteiger partial charge < -0.3 is 0 Å². The molecular formula is C50H34N2. The van der Waals surface area contributed by atoms with Crippen LogP contribution >= 0.6 is 0 Å². The number of fused-ring (bicyclic) bond motifs is 1. The lowest BCUT2D eigenvalue weighted by atomic mass is 9.90. The van der Waals surface area contributed by atoms with Gasteiger partial charge in [-0.2, -0.15) is 0 Å². The van der Waals surface area contributed by atoms with E-state index in [0.29, 0.717) is 0 Å². The molecule has 0 N–H and O–H groups in total. The molecule has 0 spiro atoms. The van der Waals surface area contributed by atoms with E-state index in [-0.39, 0.29) is 0 Å². The van der Waals surface area contributed by atoms with E-state index >= 15 is 0 Å². The summed E-state index contributed by atoms with van der Waals surface area (Å²) in [7, 11) is 0. The summed E-state index contributed by atoms with van der Waals surface area (Å²) in [6, 6.07) is 72.9. The van der Waals surface area contributed by atoms with Crippen LogP contribution in [0.4, 0.5) is 0 Å². The molecule has 2 aromatic heterocycles. The molecular weight excluding hydrogens is 629 g/mol. The maximum atomic E-state index is 5.18. The molecule has 0 aliphatic heterocycles. The van der Waals surface area contributed by atoms with E-state index in [1.54, 1.807) is 0 Å². The third-order valence-electron chi connectivity index (χ3n) is 9.63. The Hall–Kier alpha value is -6.90. The van der Waals surface area contributed by atoms with Gasteiger partial charge >= 0.3 is 0 Å². The summed E-state index contributed by atoms with van der Waals surface area (Å²) in [6.07, 6.45) is 0. The highest BCUT2D eigenvalue weighted by Crippen LogP contribution is 2.39. The van der Waals surface area contributed by atoms with Gasteiger partial charge in [-0.3, -0.25) is 0 Å². The van der Waals surface area contributed by atoms with E-state index in [9.17, 15) is 0 Å². The van der Waals surface area contributed by atoms with Crippen molar-refractivity contribution in [3.8, 4) is 78.4 Å². The van der Waals surface area contributed by atoms with Crippen LogP contribution in [0.25, 0.3) is 89.2 Å². The molecule has 9 rings (SSSR count). The van der Waals surface area contributed by atoms with E-state index in [2.05, 4.69) is 182 Å². The summed E-state index contributed by atoms with van der Waals surface area (Å²) in [5.41, 5.74) is 14.9. The van der Waals surface area contributed by atoms with Crippen LogP contribution in [0, 0.1) is 0 Å². The first-order valence-electron chi connectivity index (χ1n) is 17.6. The molecule has 2 heterocycles. The second kappa shape index (κ2) is 13.8. The van der Waals surface area contributed by atoms with Crippen molar-refractivity contribution in [2.24, 2.45) is 0 Å². The molecule has 0 amide bonds. The molecule has 2 nitrogen and oxygen atoms in total. The van der Waals surface area contributed by atoms with Crippen molar-refractivity contribution in [1.29, 1.82) is 0 Å². The van der Waals surface area contributed by atoms with Crippen molar-refractivity contribution in [3.05, 3.63) is 206 Å². The van der Waals surface area contributed by atoms with Crippen LogP contribution in [0.15, 0.2) is 206 Å². The molecule has 0 radical (unpaired) electrons. The highest BCUT2D eigenvalue weighted by molar-refractivity contribution is 5.98. The molecule has 7 aromatic carbocycles. The van der Waals surface area contributed by atoms with Crippen LogP contribution in [0.1, 0.15) is 0 Å². The lowest BCUT2D eigenvalue weighted by Gasteiger charge is -2.16. The number of hydrogen-bond donors (Lipinski definition) is 0. The zero-order valence-corrected chi connectivity index (χ0v) is 28.5. The topological polar surface area (TPSA) is 25.8 Å². The van der Waals surface area contributed by atoms with Crippen molar-refractivity contribution >= 4 is 10.8 Å². The average molecular weight is 663 g/mol. The Kier molecular flexibility index (Phi) is 8.24. The summed E-state index contributed by atoms with van der Waals surface area (Å²) >= 11 is 0. The lowest BCUT2D eigenvalue weighted by Crippen LogP contribution is -1.94. The van der Waals surface area contributed by atoms with Gasteiger partial charge in [0.2, 0.25) is 0 Å². The van der Waals surface area contributed by atoms with E-state index in [1.165, 1.54) is 16.3 Å². The smallest absolute Gasteiger partial charge is 0.0715 e. The average Bonchev–Trinajstić information content (AvgIpc) is 3.24. The number of benzene rings is 7. The molecule has 0 aliphatic carbocycles. The van der Waals surface area contributed by atoms with Crippen LogP contribution in [-0.4, -0.2) is 9.97 Å². The zero-order valence-electron chi connectivity index (χ0n) is 28.5. The molecule has 0 bridgehead atoms. The Morgan fingerprint density at radius 2 is 0.558 bits per heavy atom. The van der Waals surface area contributed by atoms with Gasteiger partial charge in [0, 0.05) is 22.3 Å². The fourth-order valence-electron chi connectivity index (χ4n) is 7.02. The van der Waals surface area contributed by atoms with E-state index in [1.807, 2.05) is 24.3 Å². The van der Waals surface area contributed by atoms with Crippen molar-refractivity contribution < 1.29 is 0 Å². The van der Waals surface area contributed by atoms with Crippen LogP contribution in [-0.2, 0) is 0 Å². The van der Waals surface area contributed by atoms with Crippen molar-refractivity contribution in [3.63, 3.8) is 0 Å². The normalized spacial score (nSPS) is 11.1. The predicted octanol–water partition coefficient (Wildman–Crippen LogP) is 13.3. The number of pyridine rings is 2. The zero-order chi connectivity index (χ0) is 34.7. The molecule has 2 heteroatoms. The van der Waals surface area contributed by atoms with Crippen molar-refractivity contribution in [2.45, 2.75) is 0 Å². The lowest BCUT2D eigenvalue weighted by molar-refractivity contribution is 1.32. The third-order valence-corrected chi connectivity index (χ3v) is 9.63. The summed E-state index contributed by atoms with van der Waals surface area (Å²) in [5, 5.41) is 2.44. The van der Waals surface area contributed by atoms with Gasteiger partial charge in [0.1, 0.15) is 0 Å². The number of nitrogens with zero attached hydrogens (tertiary/aromatic N) is 2. The van der Waals surface area contributed by atoms with Gasteiger partial charge in [-0.1, -0.05) is 164 Å². The number of hydrogen-bond acceptors (Lipinski definition) is 2. The summed E-state index contributed by atoms with van der Waals surface area (Å²) in [6.45, 7) is 0. The molecule has 52 heavy (non-hydrogen) atoms. The second-order valence-electron chi connectivity index (χ2n) is 13.0. The van der Waals surface area contributed by atoms with Gasteiger partial charge in [0.05, 0.1) is 22.8 Å². The molecule has 9 aromatic rings. The first kappa shape index (κ1) is 31.1. The van der Waals surface area contributed by atoms with Gasteiger partial charge in [-0.15, -0.1) is 0 Å². The fraction of sp³-hybridized carbons (Fsp3) is 0. The molecule has 0 unspecified atom stereocenters. The minimum absolute atomic E-state index is 0.940. The van der Waals surface area contributed by atoms with Gasteiger partial charge in [-0.25, -0.2) is 9.97 Å². The fourth-order valence-corrected chi connectivity index (χ4v) is 7.02. The summed E-state index contributed by atoms with van der Waals surface area (Å²) in [5.74, 6) is 0. The number of rotatable bonds is 7. The first-order chi connectivity index (χ1) is 25.7. The van der Waals surface area contributed by atoms with Gasteiger partial charge in [0.25, 0.3) is 0 Å². The number of aromatic nitrogens is 2. The Labute approximate surface area is 304 Å². The minimum Gasteiger partial charge on any atom is -0.248 e. The third kappa shape index (κ3) is 6.30. The van der Waals surface area contributed by atoms with Crippen LogP contribution in [0.2, 0.25) is 0 Å². The highest BCUT2D eigenvalue weighted by atomic mass is 14.7. The van der Waals surface area contributed by atoms with Gasteiger partial charge in [0.15, 0.2) is 0 Å². The minimum atomic E-state index is 0.940. The van der Waals surface area contributed by atoms with Gasteiger partial charge in [-0.05, 0) is 86.6 Å². The largest absolute Gasteiger partial charge is 0.248 e. The SMILES string of the molecule is c1ccc(-c2cc(-c3cc(-c4cc(-c5ccccc5)nc(-c5ccccc5)c4)cc(-c4cccc5ccccc45)c3)cc(-c3ccccc3)n2)cc1. The molecule has 0 atom stereocenters. The van der Waals surface area contributed by atoms with E-state index in [4.69, 9.17) is 9.97 Å². The van der Waals surface area contributed by atoms with Crippen molar-refractivity contribution in [1.82, 2.24) is 9.97 Å². The first-order valence-corrected chi connectivity index (χ1v) is 17.6. The Morgan fingerprint density at radius 1 is 0.231 bits per heavy atom. The van der Waals surface area contributed by atoms with E-state index < -0.39 is 0 Å². The maximum Gasteiger partial charge on any atom is 0.0715 e. The molecule has 0 fully saturated rings. The predicted molar refractivity (Wildman–Crippen MR) is 218 cm³/mol. The molecule has 0 saturated heterocycles. The Morgan fingerprint density at radius 3 is 0.981 bits per heavy atom. The van der Waals surface area contributed by atoms with E-state index in [0.717, 1.165) is 72.8 Å². The van der Waals surface area contributed by atoms with Crippen molar-refractivity contribution in [2.75, 3.05) is 0 Å². The van der Waals surface area contributed by atoms with Crippen LogP contribution < -0.4 is 0 Å². The Bertz CT molecular complexity index is 2380. The Balaban J connectivity index is 1.31. The summed E-state index contributed by atoms with van der Waals surface area (Å²) < 4.78 is 0. The molecule has 244 valence electrons. The quantitative estimate of drug-likeness (QED) is 0.170. The maximum absolute atomic E-state index is 5.18. The highest BCUT2D eigenvalue weighted by Gasteiger charge is 2.15. The van der Waals surface area contributed by atoms with Crippen LogP contribution in [0.5, 0.6) is 0 Å². The molecule has 0 saturated carbocycles. The second-order valence-corrected chi connectivity index (χ2v) is 13.0. The standard InChI is InChI=1S/C50H34N2/c1-5-17-36(18-6-1)47-31-42(32-48(51-47)37-19-7-2-8-20-37)40-28-41(30-44(29-40)46-27-15-25-35-16-13-14-26-45(35)46)43-33-49(38-21-9-3-10-22-38)52-50(34-43)39-23-11-4-12-24-39/h1-34H. The van der Waals surface area contributed by atoms with Crippen LogP contribution in [0.3, 0.4) is 0 Å². The summed E-state index contributed by atoms with van der Waals surface area (Å²) in [4.78, 5) is 10.4. The monoisotopic (exact) mass is 662 g/mol.